The van der Waals surface area contributed by atoms with Crippen LogP contribution in [-0.2, 0) is 9.59 Å². The maximum absolute atomic E-state index is 12.2. The van der Waals surface area contributed by atoms with Crippen molar-refractivity contribution in [3.8, 4) is 6.07 Å². The van der Waals surface area contributed by atoms with Crippen LogP contribution in [0.4, 0.5) is 5.69 Å². The summed E-state index contributed by atoms with van der Waals surface area (Å²) in [5, 5.41) is 14.5. The van der Waals surface area contributed by atoms with Crippen LogP contribution in [0.15, 0.2) is 35.9 Å². The van der Waals surface area contributed by atoms with Crippen molar-refractivity contribution in [2.45, 2.75) is 38.5 Å². The van der Waals surface area contributed by atoms with Gasteiger partial charge in [-0.05, 0) is 62.8 Å². The van der Waals surface area contributed by atoms with Gasteiger partial charge in [0.2, 0.25) is 11.8 Å². The molecule has 3 rings (SSSR count). The van der Waals surface area contributed by atoms with Crippen LogP contribution in [0.2, 0.25) is 0 Å². The van der Waals surface area contributed by atoms with Crippen molar-refractivity contribution in [1.82, 2.24) is 5.32 Å². The van der Waals surface area contributed by atoms with Crippen LogP contribution in [0, 0.1) is 23.2 Å². The predicted molar refractivity (Wildman–Crippen MR) is 95.6 cm³/mol. The summed E-state index contributed by atoms with van der Waals surface area (Å²) in [5.74, 6) is -0.598. The summed E-state index contributed by atoms with van der Waals surface area (Å²) in [6, 6.07) is 8.76. The third-order valence-corrected chi connectivity index (χ3v) is 4.88. The van der Waals surface area contributed by atoms with E-state index in [1.165, 1.54) is 18.4 Å². The predicted octanol–water partition coefficient (Wildman–Crippen LogP) is 3.14. The second-order valence-electron chi connectivity index (χ2n) is 6.78. The highest BCUT2D eigenvalue weighted by Gasteiger charge is 2.47. The van der Waals surface area contributed by atoms with E-state index in [1.807, 2.05) is 6.07 Å². The fraction of sp³-hybridized carbons (Fsp3) is 0.450. The Balaban J connectivity index is 1.40. The van der Waals surface area contributed by atoms with Crippen LogP contribution in [-0.4, -0.2) is 18.4 Å². The molecule has 1 aromatic rings. The number of benzene rings is 1. The van der Waals surface area contributed by atoms with E-state index in [-0.39, 0.29) is 23.7 Å². The topological polar surface area (TPSA) is 82.0 Å². The van der Waals surface area contributed by atoms with Gasteiger partial charge in [0.15, 0.2) is 0 Å². The maximum atomic E-state index is 12.2. The summed E-state index contributed by atoms with van der Waals surface area (Å²) in [5.41, 5.74) is 2.64. The first-order valence-electron chi connectivity index (χ1n) is 8.94. The van der Waals surface area contributed by atoms with Gasteiger partial charge in [-0.3, -0.25) is 9.59 Å². The number of carbonyl (C=O) groups excluding carboxylic acids is 2. The highest BCUT2D eigenvalue weighted by Crippen LogP contribution is 2.39. The molecule has 1 fully saturated rings. The molecule has 25 heavy (non-hydrogen) atoms. The molecule has 5 nitrogen and oxygen atoms in total. The fourth-order valence-electron chi connectivity index (χ4n) is 3.25. The van der Waals surface area contributed by atoms with Crippen molar-refractivity contribution in [3.63, 3.8) is 0 Å². The van der Waals surface area contributed by atoms with Crippen LogP contribution in [0.25, 0.3) is 0 Å². The number of amides is 2. The zero-order valence-corrected chi connectivity index (χ0v) is 14.3. The second-order valence-corrected chi connectivity index (χ2v) is 6.78. The van der Waals surface area contributed by atoms with Crippen molar-refractivity contribution in [3.05, 3.63) is 41.5 Å². The van der Waals surface area contributed by atoms with Crippen LogP contribution in [0.1, 0.15) is 44.1 Å². The Morgan fingerprint density at radius 2 is 1.88 bits per heavy atom. The zero-order valence-electron chi connectivity index (χ0n) is 14.3. The molecule has 0 radical (unpaired) electrons. The Labute approximate surface area is 148 Å². The number of nitrogens with zero attached hydrogens (tertiary/aromatic N) is 1. The van der Waals surface area contributed by atoms with Crippen LogP contribution in [0.5, 0.6) is 0 Å². The zero-order chi connectivity index (χ0) is 17.6. The lowest BCUT2D eigenvalue weighted by Gasteiger charge is -2.13. The molecule has 0 saturated heterocycles. The number of nitriles is 1. The van der Waals surface area contributed by atoms with Gasteiger partial charge in [-0.1, -0.05) is 11.6 Å². The molecule has 1 aromatic carbocycles. The van der Waals surface area contributed by atoms with Gasteiger partial charge in [0.1, 0.15) is 0 Å². The minimum atomic E-state index is -0.246. The van der Waals surface area contributed by atoms with Crippen LogP contribution < -0.4 is 10.6 Å². The lowest BCUT2D eigenvalue weighted by atomic mass is 9.97. The van der Waals surface area contributed by atoms with Crippen molar-refractivity contribution >= 4 is 17.5 Å². The summed E-state index contributed by atoms with van der Waals surface area (Å²) in [6.07, 6.45) is 8.64. The average Bonchev–Trinajstić information content (AvgIpc) is 3.44. The SMILES string of the molecule is N#Cc1ccc(NC(=O)C2CC2C(=O)NCCC2=CCCCC2)cc1. The van der Waals surface area contributed by atoms with Gasteiger partial charge < -0.3 is 10.6 Å². The van der Waals surface area contributed by atoms with Crippen molar-refractivity contribution in [2.75, 3.05) is 11.9 Å². The number of nitrogens with one attached hydrogen (secondary N) is 2. The van der Waals surface area contributed by atoms with E-state index in [0.717, 1.165) is 19.3 Å². The van der Waals surface area contributed by atoms with Gasteiger partial charge >= 0.3 is 0 Å². The number of carbonyl (C=O) groups is 2. The highest BCUT2D eigenvalue weighted by atomic mass is 16.2. The van der Waals surface area contributed by atoms with Crippen molar-refractivity contribution < 1.29 is 9.59 Å². The summed E-state index contributed by atoms with van der Waals surface area (Å²) in [7, 11) is 0. The molecule has 0 aromatic heterocycles. The molecular weight excluding hydrogens is 314 g/mol. The molecule has 2 amide bonds. The van der Waals surface area contributed by atoms with E-state index < -0.39 is 0 Å². The van der Waals surface area contributed by atoms with E-state index in [9.17, 15) is 9.59 Å². The second kappa shape index (κ2) is 7.98. The number of allylic oxidation sites excluding steroid dienone is 1. The molecule has 2 N–H and O–H groups in total. The molecule has 1 saturated carbocycles. The first-order chi connectivity index (χ1) is 12.2. The minimum Gasteiger partial charge on any atom is -0.356 e. The summed E-state index contributed by atoms with van der Waals surface area (Å²) < 4.78 is 0. The normalized spacial score (nSPS) is 21.6. The van der Waals surface area contributed by atoms with Crippen molar-refractivity contribution in [2.24, 2.45) is 11.8 Å². The molecule has 2 unspecified atom stereocenters. The molecule has 2 atom stereocenters. The summed E-state index contributed by atoms with van der Waals surface area (Å²) in [6.45, 7) is 0.658. The standard InChI is InChI=1S/C20H23N3O2/c21-13-15-6-8-16(9-7-15)23-20(25)18-12-17(18)19(24)22-11-10-14-4-2-1-3-5-14/h4,6-9,17-18H,1-3,5,10-12H2,(H,22,24)(H,23,25). The van der Waals surface area contributed by atoms with Gasteiger partial charge in [0, 0.05) is 12.2 Å². The summed E-state index contributed by atoms with van der Waals surface area (Å²) in [4.78, 5) is 24.4. The van der Waals surface area contributed by atoms with Gasteiger partial charge in [-0.25, -0.2) is 0 Å². The molecule has 0 spiro atoms. The number of hydrogen-bond donors (Lipinski definition) is 2. The molecule has 0 heterocycles. The van der Waals surface area contributed by atoms with E-state index in [4.69, 9.17) is 5.26 Å². The molecular formula is C20H23N3O2. The first kappa shape index (κ1) is 17.2. The summed E-state index contributed by atoms with van der Waals surface area (Å²) >= 11 is 0. The maximum Gasteiger partial charge on any atom is 0.228 e. The molecule has 5 heteroatoms. The Bertz CT molecular complexity index is 715. The molecule has 130 valence electrons. The monoisotopic (exact) mass is 337 g/mol. The highest BCUT2D eigenvalue weighted by molar-refractivity contribution is 5.99. The van der Waals surface area contributed by atoms with Gasteiger partial charge in [0.05, 0.1) is 23.5 Å². The van der Waals surface area contributed by atoms with E-state index in [2.05, 4.69) is 16.7 Å². The van der Waals surface area contributed by atoms with E-state index in [0.29, 0.717) is 24.2 Å². The number of rotatable bonds is 6. The lowest BCUT2D eigenvalue weighted by molar-refractivity contribution is -0.125. The molecule has 2 aliphatic carbocycles. The first-order valence-corrected chi connectivity index (χ1v) is 8.94. The number of anilines is 1. The Morgan fingerprint density at radius 3 is 2.56 bits per heavy atom. The minimum absolute atomic E-state index is 0.0172. The quantitative estimate of drug-likeness (QED) is 0.782. The molecule has 2 aliphatic rings. The molecule has 0 bridgehead atoms. The van der Waals surface area contributed by atoms with Crippen LogP contribution >= 0.6 is 0 Å². The lowest BCUT2D eigenvalue weighted by Crippen LogP contribution is -2.28. The average molecular weight is 337 g/mol. The van der Waals surface area contributed by atoms with E-state index in [1.54, 1.807) is 24.3 Å². The fourth-order valence-corrected chi connectivity index (χ4v) is 3.25. The number of hydrogen-bond acceptors (Lipinski definition) is 3. The smallest absolute Gasteiger partial charge is 0.228 e. The Kier molecular flexibility index (Phi) is 5.49. The van der Waals surface area contributed by atoms with Gasteiger partial charge in [-0.2, -0.15) is 5.26 Å². The third kappa shape index (κ3) is 4.69. The van der Waals surface area contributed by atoms with E-state index >= 15 is 0 Å². The largest absolute Gasteiger partial charge is 0.356 e. The van der Waals surface area contributed by atoms with Gasteiger partial charge in [0.25, 0.3) is 0 Å². The van der Waals surface area contributed by atoms with Crippen LogP contribution in [0.3, 0.4) is 0 Å². The molecule has 0 aliphatic heterocycles. The van der Waals surface area contributed by atoms with Crippen molar-refractivity contribution in [1.29, 1.82) is 5.26 Å². The third-order valence-electron chi connectivity index (χ3n) is 4.88. The Hall–Kier alpha value is -2.61. The Morgan fingerprint density at radius 1 is 1.12 bits per heavy atom. The van der Waals surface area contributed by atoms with Gasteiger partial charge in [-0.15, -0.1) is 0 Å².